The number of ether oxygens (including phenoxy) is 1. The SMILES string of the molecule is CCCCC(OC(=O)c1cccc(Br)c1C(=O)O)C(C)(C)C. The van der Waals surface area contributed by atoms with E-state index in [1.54, 1.807) is 12.1 Å². The van der Waals surface area contributed by atoms with Gasteiger partial charge in [-0.15, -0.1) is 0 Å². The van der Waals surface area contributed by atoms with Crippen LogP contribution in [0.25, 0.3) is 0 Å². The van der Waals surface area contributed by atoms with E-state index < -0.39 is 11.9 Å². The maximum Gasteiger partial charge on any atom is 0.339 e. The number of carboxylic acids is 1. The van der Waals surface area contributed by atoms with Crippen molar-refractivity contribution in [3.05, 3.63) is 33.8 Å². The normalized spacial score (nSPS) is 12.8. The van der Waals surface area contributed by atoms with Crippen molar-refractivity contribution < 1.29 is 19.4 Å². The molecule has 0 fully saturated rings. The number of benzene rings is 1. The van der Waals surface area contributed by atoms with E-state index in [-0.39, 0.29) is 22.6 Å². The fraction of sp³-hybridized carbons (Fsp3) is 0.529. The molecule has 1 aromatic rings. The predicted molar refractivity (Wildman–Crippen MR) is 89.3 cm³/mol. The minimum Gasteiger partial charge on any atom is -0.478 e. The molecule has 0 bridgehead atoms. The van der Waals surface area contributed by atoms with Crippen molar-refractivity contribution in [1.29, 1.82) is 0 Å². The van der Waals surface area contributed by atoms with E-state index in [1.807, 2.05) is 20.8 Å². The van der Waals surface area contributed by atoms with Gasteiger partial charge in [-0.25, -0.2) is 9.59 Å². The molecule has 0 amide bonds. The van der Waals surface area contributed by atoms with Gasteiger partial charge in [-0.05, 0) is 39.9 Å². The first kappa shape index (κ1) is 18.7. The first-order valence-corrected chi connectivity index (χ1v) is 8.20. The van der Waals surface area contributed by atoms with Gasteiger partial charge in [0.1, 0.15) is 6.10 Å². The van der Waals surface area contributed by atoms with Crippen molar-refractivity contribution in [2.75, 3.05) is 0 Å². The minimum atomic E-state index is -1.15. The van der Waals surface area contributed by atoms with Crippen molar-refractivity contribution in [2.45, 2.75) is 53.1 Å². The molecule has 0 aliphatic rings. The fourth-order valence-electron chi connectivity index (χ4n) is 2.16. The van der Waals surface area contributed by atoms with Gasteiger partial charge in [0, 0.05) is 4.47 Å². The second-order valence-corrected chi connectivity index (χ2v) is 7.22. The van der Waals surface area contributed by atoms with Crippen LogP contribution in [0.1, 0.15) is 67.7 Å². The van der Waals surface area contributed by atoms with Gasteiger partial charge in [0.25, 0.3) is 0 Å². The summed E-state index contributed by atoms with van der Waals surface area (Å²) < 4.78 is 6.00. The molecular formula is C17H23BrO4. The molecule has 22 heavy (non-hydrogen) atoms. The molecule has 1 aromatic carbocycles. The lowest BCUT2D eigenvalue weighted by molar-refractivity contribution is -0.00697. The molecule has 122 valence electrons. The Morgan fingerprint density at radius 2 is 1.95 bits per heavy atom. The average molecular weight is 371 g/mol. The number of halogens is 1. The Balaban J connectivity index is 3.05. The molecule has 5 heteroatoms. The van der Waals surface area contributed by atoms with Crippen LogP contribution in [0, 0.1) is 5.41 Å². The van der Waals surface area contributed by atoms with Crippen LogP contribution in [-0.4, -0.2) is 23.1 Å². The second-order valence-electron chi connectivity index (χ2n) is 6.37. The first-order valence-electron chi connectivity index (χ1n) is 7.41. The first-order chi connectivity index (χ1) is 10.2. The topological polar surface area (TPSA) is 63.6 Å². The van der Waals surface area contributed by atoms with Gasteiger partial charge in [-0.3, -0.25) is 0 Å². The lowest BCUT2D eigenvalue weighted by Crippen LogP contribution is -2.32. The van der Waals surface area contributed by atoms with Crippen molar-refractivity contribution >= 4 is 27.9 Å². The number of esters is 1. The highest BCUT2D eigenvalue weighted by Gasteiger charge is 2.30. The standard InChI is InChI=1S/C17H23BrO4/c1-5-6-10-13(17(2,3)4)22-16(21)11-8-7-9-12(18)14(11)15(19)20/h7-9,13H,5-6,10H2,1-4H3,(H,19,20). The van der Waals surface area contributed by atoms with Crippen molar-refractivity contribution in [1.82, 2.24) is 0 Å². The van der Waals surface area contributed by atoms with Crippen LogP contribution >= 0.6 is 15.9 Å². The fourth-order valence-corrected chi connectivity index (χ4v) is 2.70. The third-order valence-electron chi connectivity index (χ3n) is 3.48. The van der Waals surface area contributed by atoms with Crippen LogP contribution in [-0.2, 0) is 4.74 Å². The van der Waals surface area contributed by atoms with Gasteiger partial charge in [0.15, 0.2) is 0 Å². The van der Waals surface area contributed by atoms with Crippen molar-refractivity contribution in [3.63, 3.8) is 0 Å². The summed E-state index contributed by atoms with van der Waals surface area (Å²) in [6, 6.07) is 4.71. The molecule has 1 atom stereocenters. The summed E-state index contributed by atoms with van der Waals surface area (Å²) in [7, 11) is 0. The summed E-state index contributed by atoms with van der Waals surface area (Å²) >= 11 is 3.18. The van der Waals surface area contributed by atoms with Gasteiger partial charge in [-0.2, -0.15) is 0 Å². The summed E-state index contributed by atoms with van der Waals surface area (Å²) in [5.41, 5.74) is -0.177. The summed E-state index contributed by atoms with van der Waals surface area (Å²) in [4.78, 5) is 23.8. The minimum absolute atomic E-state index is 0.0596. The average Bonchev–Trinajstić information content (AvgIpc) is 2.41. The zero-order chi connectivity index (χ0) is 16.9. The Morgan fingerprint density at radius 3 is 2.45 bits per heavy atom. The summed E-state index contributed by atoms with van der Waals surface area (Å²) in [6.07, 6.45) is 2.49. The third kappa shape index (κ3) is 4.83. The highest BCUT2D eigenvalue weighted by molar-refractivity contribution is 9.10. The molecule has 0 saturated carbocycles. The van der Waals surface area contributed by atoms with Crippen LogP contribution < -0.4 is 0 Å². The zero-order valence-corrected chi connectivity index (χ0v) is 15.1. The van der Waals surface area contributed by atoms with Crippen molar-refractivity contribution in [2.24, 2.45) is 5.41 Å². The Bertz CT molecular complexity index is 546. The van der Waals surface area contributed by atoms with E-state index in [2.05, 4.69) is 22.9 Å². The Morgan fingerprint density at radius 1 is 1.32 bits per heavy atom. The molecule has 0 heterocycles. The number of aromatic carboxylic acids is 1. The van der Waals surface area contributed by atoms with Crippen LogP contribution in [0.2, 0.25) is 0 Å². The smallest absolute Gasteiger partial charge is 0.339 e. The molecule has 1 unspecified atom stereocenters. The molecule has 0 radical (unpaired) electrons. The Kier molecular flexibility index (Phi) is 6.60. The van der Waals surface area contributed by atoms with Gasteiger partial charge in [0.2, 0.25) is 0 Å². The second kappa shape index (κ2) is 7.77. The molecule has 0 saturated heterocycles. The van der Waals surface area contributed by atoms with E-state index in [0.717, 1.165) is 19.3 Å². The molecule has 0 spiro atoms. The predicted octanol–water partition coefficient (Wildman–Crippen LogP) is 4.91. The number of hydrogen-bond acceptors (Lipinski definition) is 3. The molecule has 1 N–H and O–H groups in total. The maximum atomic E-state index is 12.4. The van der Waals surface area contributed by atoms with Crippen LogP contribution in [0.3, 0.4) is 0 Å². The molecule has 0 aliphatic heterocycles. The van der Waals surface area contributed by atoms with Crippen LogP contribution in [0.5, 0.6) is 0 Å². The third-order valence-corrected chi connectivity index (χ3v) is 4.14. The molecule has 4 nitrogen and oxygen atoms in total. The molecular weight excluding hydrogens is 348 g/mol. The highest BCUT2D eigenvalue weighted by Crippen LogP contribution is 2.29. The van der Waals surface area contributed by atoms with E-state index >= 15 is 0 Å². The monoisotopic (exact) mass is 370 g/mol. The lowest BCUT2D eigenvalue weighted by atomic mass is 9.86. The van der Waals surface area contributed by atoms with E-state index in [9.17, 15) is 14.7 Å². The lowest BCUT2D eigenvalue weighted by Gasteiger charge is -2.30. The zero-order valence-electron chi connectivity index (χ0n) is 13.5. The van der Waals surface area contributed by atoms with Crippen molar-refractivity contribution in [3.8, 4) is 0 Å². The molecule has 0 aliphatic carbocycles. The summed E-state index contributed by atoms with van der Waals surface area (Å²) in [5.74, 6) is -1.74. The number of carbonyl (C=O) groups excluding carboxylic acids is 1. The Hall–Kier alpha value is -1.36. The van der Waals surface area contributed by atoms with Gasteiger partial charge in [0.05, 0.1) is 11.1 Å². The quantitative estimate of drug-likeness (QED) is 0.722. The van der Waals surface area contributed by atoms with E-state index in [1.165, 1.54) is 6.07 Å². The number of rotatable bonds is 6. The number of unbranched alkanes of at least 4 members (excludes halogenated alkanes) is 1. The molecule has 1 rings (SSSR count). The van der Waals surface area contributed by atoms with Gasteiger partial charge in [-0.1, -0.05) is 46.6 Å². The number of hydrogen-bond donors (Lipinski definition) is 1. The van der Waals surface area contributed by atoms with Gasteiger partial charge >= 0.3 is 11.9 Å². The Labute approximate surface area is 140 Å². The van der Waals surface area contributed by atoms with Gasteiger partial charge < -0.3 is 9.84 Å². The largest absolute Gasteiger partial charge is 0.478 e. The summed E-state index contributed by atoms with van der Waals surface area (Å²) in [6.45, 7) is 8.12. The molecule has 0 aromatic heterocycles. The highest BCUT2D eigenvalue weighted by atomic mass is 79.9. The van der Waals surface area contributed by atoms with Crippen LogP contribution in [0.15, 0.2) is 22.7 Å². The van der Waals surface area contributed by atoms with Crippen LogP contribution in [0.4, 0.5) is 0 Å². The summed E-state index contributed by atoms with van der Waals surface area (Å²) in [5, 5.41) is 9.29. The number of carboxylic acid groups (broad SMARTS) is 1. The van der Waals surface area contributed by atoms with E-state index in [4.69, 9.17) is 4.74 Å². The number of carbonyl (C=O) groups is 2. The van der Waals surface area contributed by atoms with E-state index in [0.29, 0.717) is 4.47 Å². The maximum absolute atomic E-state index is 12.4.